The summed E-state index contributed by atoms with van der Waals surface area (Å²) in [5.74, 6) is -0.418. The molecule has 1 aromatic carbocycles. The van der Waals surface area contributed by atoms with Crippen LogP contribution in [-0.4, -0.2) is 22.3 Å². The number of carbonyl (C=O) groups excluding carboxylic acids is 1. The van der Waals surface area contributed by atoms with Crippen molar-refractivity contribution >= 4 is 38.9 Å². The first-order valence-corrected chi connectivity index (χ1v) is 8.92. The van der Waals surface area contributed by atoms with Crippen LogP contribution in [0.5, 0.6) is 5.75 Å². The number of carbonyl (C=O) groups is 1. The Balaban J connectivity index is 1.88. The predicted octanol–water partition coefficient (Wildman–Crippen LogP) is 4.44. The lowest BCUT2D eigenvalue weighted by molar-refractivity contribution is -0.0487. The van der Waals surface area contributed by atoms with Crippen molar-refractivity contribution in [2.24, 2.45) is 7.05 Å². The number of rotatable bonds is 5. The summed E-state index contributed by atoms with van der Waals surface area (Å²) in [6, 6.07) is 4.68. The standard InChI is InChI=1S/C17H16ClF2N3O2S/c1-8-10(9(2)23(3)22-8)7-21-16(24)15-14(18)13-11(25-17(19)20)5-4-6-12(13)26-15/h4-6,17H,7H2,1-3H3,(H,21,24). The van der Waals surface area contributed by atoms with E-state index in [9.17, 15) is 13.6 Å². The minimum atomic E-state index is -2.97. The second-order valence-corrected chi connectivity index (χ2v) is 7.14. The molecule has 3 aromatic rings. The zero-order valence-electron chi connectivity index (χ0n) is 14.3. The van der Waals surface area contributed by atoms with Gasteiger partial charge in [-0.15, -0.1) is 11.3 Å². The van der Waals surface area contributed by atoms with Crippen molar-refractivity contribution < 1.29 is 18.3 Å². The fourth-order valence-corrected chi connectivity index (χ4v) is 4.22. The topological polar surface area (TPSA) is 56.2 Å². The van der Waals surface area contributed by atoms with Gasteiger partial charge in [0, 0.05) is 29.5 Å². The van der Waals surface area contributed by atoms with Crippen LogP contribution in [0.15, 0.2) is 18.2 Å². The molecule has 0 aliphatic heterocycles. The molecule has 3 rings (SSSR count). The molecule has 0 radical (unpaired) electrons. The van der Waals surface area contributed by atoms with Crippen LogP contribution in [0.4, 0.5) is 8.78 Å². The Morgan fingerprint density at radius 2 is 2.15 bits per heavy atom. The number of nitrogens with zero attached hydrogens (tertiary/aromatic N) is 2. The fraction of sp³-hybridized carbons (Fsp3) is 0.294. The van der Waals surface area contributed by atoms with Gasteiger partial charge in [-0.3, -0.25) is 9.48 Å². The van der Waals surface area contributed by atoms with Crippen molar-refractivity contribution in [3.05, 3.63) is 45.1 Å². The molecule has 26 heavy (non-hydrogen) atoms. The average molecular weight is 400 g/mol. The number of ether oxygens (including phenoxy) is 1. The molecule has 0 fully saturated rings. The minimum absolute atomic E-state index is 0.0447. The molecule has 9 heteroatoms. The third-order valence-corrected chi connectivity index (χ3v) is 5.77. The van der Waals surface area contributed by atoms with E-state index >= 15 is 0 Å². The smallest absolute Gasteiger partial charge is 0.387 e. The normalized spacial score (nSPS) is 11.3. The van der Waals surface area contributed by atoms with Gasteiger partial charge >= 0.3 is 6.61 Å². The van der Waals surface area contributed by atoms with E-state index in [1.165, 1.54) is 6.07 Å². The number of nitrogens with one attached hydrogen (secondary N) is 1. The van der Waals surface area contributed by atoms with Gasteiger partial charge in [0.15, 0.2) is 0 Å². The quantitative estimate of drug-likeness (QED) is 0.690. The second-order valence-electron chi connectivity index (χ2n) is 5.71. The lowest BCUT2D eigenvalue weighted by atomic mass is 10.2. The van der Waals surface area contributed by atoms with Crippen molar-refractivity contribution in [3.8, 4) is 5.75 Å². The largest absolute Gasteiger partial charge is 0.434 e. The molecule has 5 nitrogen and oxygen atoms in total. The van der Waals surface area contributed by atoms with E-state index in [1.54, 1.807) is 16.8 Å². The first-order valence-electron chi connectivity index (χ1n) is 7.72. The van der Waals surface area contributed by atoms with Gasteiger partial charge in [0.05, 0.1) is 16.1 Å². The molecule has 0 aliphatic carbocycles. The van der Waals surface area contributed by atoms with E-state index < -0.39 is 6.61 Å². The highest BCUT2D eigenvalue weighted by Crippen LogP contribution is 2.41. The van der Waals surface area contributed by atoms with E-state index in [0.717, 1.165) is 28.3 Å². The van der Waals surface area contributed by atoms with Crippen LogP contribution in [0, 0.1) is 13.8 Å². The summed E-state index contributed by atoms with van der Waals surface area (Å²) in [7, 11) is 1.83. The summed E-state index contributed by atoms with van der Waals surface area (Å²) < 4.78 is 32.0. The molecule has 0 bridgehead atoms. The molecule has 1 amide bonds. The van der Waals surface area contributed by atoms with Crippen LogP contribution in [0.3, 0.4) is 0 Å². The second kappa shape index (κ2) is 7.20. The van der Waals surface area contributed by atoms with Gasteiger partial charge in [0.2, 0.25) is 0 Å². The maximum atomic E-state index is 12.6. The molecule has 1 N–H and O–H groups in total. The molecular formula is C17H16ClF2N3O2S. The Labute approximate surface area is 157 Å². The number of fused-ring (bicyclic) bond motifs is 1. The third-order valence-electron chi connectivity index (χ3n) is 4.13. The molecule has 2 heterocycles. The highest BCUT2D eigenvalue weighted by Gasteiger charge is 2.21. The number of hydrogen-bond donors (Lipinski definition) is 1. The van der Waals surface area contributed by atoms with Gasteiger partial charge in [-0.05, 0) is 26.0 Å². The zero-order chi connectivity index (χ0) is 19.0. The van der Waals surface area contributed by atoms with Crippen molar-refractivity contribution in [3.63, 3.8) is 0 Å². The first kappa shape index (κ1) is 18.6. The summed E-state index contributed by atoms with van der Waals surface area (Å²) in [6.45, 7) is 1.12. The Hall–Kier alpha value is -2.19. The van der Waals surface area contributed by atoms with Crippen molar-refractivity contribution in [2.75, 3.05) is 0 Å². The van der Waals surface area contributed by atoms with E-state index in [-0.39, 0.29) is 21.6 Å². The maximum absolute atomic E-state index is 12.6. The number of benzene rings is 1. The number of halogens is 3. The van der Waals surface area contributed by atoms with Gasteiger partial charge < -0.3 is 10.1 Å². The van der Waals surface area contributed by atoms with E-state index in [1.807, 2.05) is 20.9 Å². The van der Waals surface area contributed by atoms with Gasteiger partial charge in [0.25, 0.3) is 5.91 Å². The van der Waals surface area contributed by atoms with Crippen LogP contribution in [0.1, 0.15) is 26.6 Å². The molecule has 0 saturated carbocycles. The summed E-state index contributed by atoms with van der Waals surface area (Å²) in [5.41, 5.74) is 2.72. The van der Waals surface area contributed by atoms with Crippen LogP contribution in [0.2, 0.25) is 5.02 Å². The zero-order valence-corrected chi connectivity index (χ0v) is 15.8. The monoisotopic (exact) mass is 399 g/mol. The average Bonchev–Trinajstić information content (AvgIpc) is 3.03. The lowest BCUT2D eigenvalue weighted by Crippen LogP contribution is -2.22. The van der Waals surface area contributed by atoms with Crippen LogP contribution in [0.25, 0.3) is 10.1 Å². The number of hydrogen-bond acceptors (Lipinski definition) is 4. The number of aryl methyl sites for hydroxylation is 2. The van der Waals surface area contributed by atoms with Crippen LogP contribution >= 0.6 is 22.9 Å². The summed E-state index contributed by atoms with van der Waals surface area (Å²) in [4.78, 5) is 12.8. The highest BCUT2D eigenvalue weighted by atomic mass is 35.5. The third kappa shape index (κ3) is 3.39. The van der Waals surface area contributed by atoms with Crippen LogP contribution < -0.4 is 10.1 Å². The number of aromatic nitrogens is 2. The summed E-state index contributed by atoms with van der Waals surface area (Å²) in [5, 5.41) is 7.55. The highest BCUT2D eigenvalue weighted by molar-refractivity contribution is 7.21. The van der Waals surface area contributed by atoms with Crippen molar-refractivity contribution in [1.82, 2.24) is 15.1 Å². The Morgan fingerprint density at radius 1 is 1.42 bits per heavy atom. The Kier molecular flexibility index (Phi) is 5.15. The Morgan fingerprint density at radius 3 is 2.77 bits per heavy atom. The Bertz CT molecular complexity index is 984. The van der Waals surface area contributed by atoms with Gasteiger partial charge in [-0.1, -0.05) is 17.7 Å². The van der Waals surface area contributed by atoms with Gasteiger partial charge in [-0.2, -0.15) is 13.9 Å². The molecule has 138 valence electrons. The SMILES string of the molecule is Cc1nn(C)c(C)c1CNC(=O)c1sc2cccc(OC(F)F)c2c1Cl. The van der Waals surface area contributed by atoms with Gasteiger partial charge in [0.1, 0.15) is 10.6 Å². The number of alkyl halides is 2. The van der Waals surface area contributed by atoms with Crippen LogP contribution in [-0.2, 0) is 13.6 Å². The van der Waals surface area contributed by atoms with Crippen molar-refractivity contribution in [1.29, 1.82) is 0 Å². The van der Waals surface area contributed by atoms with E-state index in [4.69, 9.17) is 11.6 Å². The fourth-order valence-electron chi connectivity index (χ4n) is 2.74. The van der Waals surface area contributed by atoms with E-state index in [2.05, 4.69) is 15.2 Å². The lowest BCUT2D eigenvalue weighted by Gasteiger charge is -2.06. The first-order chi connectivity index (χ1) is 12.3. The molecular weight excluding hydrogens is 384 g/mol. The number of amides is 1. The maximum Gasteiger partial charge on any atom is 0.387 e. The van der Waals surface area contributed by atoms with Gasteiger partial charge in [-0.25, -0.2) is 0 Å². The molecule has 0 spiro atoms. The molecule has 0 atom stereocenters. The molecule has 0 aliphatic rings. The predicted molar refractivity (Wildman–Crippen MR) is 97.3 cm³/mol. The molecule has 2 aromatic heterocycles. The summed E-state index contributed by atoms with van der Waals surface area (Å²) in [6.07, 6.45) is 0. The van der Waals surface area contributed by atoms with E-state index in [0.29, 0.717) is 16.6 Å². The van der Waals surface area contributed by atoms with Crippen molar-refractivity contribution in [2.45, 2.75) is 27.0 Å². The minimum Gasteiger partial charge on any atom is -0.434 e. The number of thiophene rings is 1. The molecule has 0 saturated heterocycles. The summed E-state index contributed by atoms with van der Waals surface area (Å²) >= 11 is 7.43. The molecule has 0 unspecified atom stereocenters.